The largest absolute Gasteiger partial charge is 0.481 e. The van der Waals surface area contributed by atoms with Crippen molar-refractivity contribution in [2.45, 2.75) is 46.1 Å². The van der Waals surface area contributed by atoms with E-state index < -0.39 is 5.97 Å². The van der Waals surface area contributed by atoms with E-state index >= 15 is 0 Å². The molecule has 1 N–H and O–H groups in total. The molecule has 2 rings (SSSR count). The second-order valence-corrected chi connectivity index (χ2v) is 6.44. The van der Waals surface area contributed by atoms with Gasteiger partial charge in [-0.2, -0.15) is 0 Å². The van der Waals surface area contributed by atoms with Crippen LogP contribution in [-0.4, -0.2) is 35.1 Å². The first-order valence-electron chi connectivity index (χ1n) is 6.36. The number of carbonyl (C=O) groups is 1. The highest BCUT2D eigenvalue weighted by atomic mass is 16.4. The molecular formula is C13H23NO2. The monoisotopic (exact) mass is 225 g/mol. The van der Waals surface area contributed by atoms with Crippen LogP contribution in [0.2, 0.25) is 0 Å². The summed E-state index contributed by atoms with van der Waals surface area (Å²) < 4.78 is 0. The Hall–Kier alpha value is -0.570. The molecule has 0 spiro atoms. The van der Waals surface area contributed by atoms with Crippen LogP contribution in [0.25, 0.3) is 0 Å². The summed E-state index contributed by atoms with van der Waals surface area (Å²) in [5, 5.41) is 9.02. The van der Waals surface area contributed by atoms with Crippen molar-refractivity contribution >= 4 is 5.97 Å². The van der Waals surface area contributed by atoms with Crippen molar-refractivity contribution in [2.24, 2.45) is 17.3 Å². The van der Waals surface area contributed by atoms with E-state index in [-0.39, 0.29) is 5.92 Å². The summed E-state index contributed by atoms with van der Waals surface area (Å²) in [6, 6.07) is 0.611. The smallest absolute Gasteiger partial charge is 0.307 e. The minimum Gasteiger partial charge on any atom is -0.481 e. The van der Waals surface area contributed by atoms with E-state index in [4.69, 9.17) is 5.11 Å². The predicted octanol–water partition coefficient (Wildman–Crippen LogP) is 2.22. The molecule has 1 saturated carbocycles. The highest BCUT2D eigenvalue weighted by Crippen LogP contribution is 2.44. The molecule has 1 aliphatic carbocycles. The standard InChI is InChI=1S/C13H23NO2/c1-9-6-13(2,3)7-11(9)14-5-4-10(8-14)12(15)16/h9-11H,4-8H2,1-3H3,(H,15,16). The van der Waals surface area contributed by atoms with E-state index in [1.807, 2.05) is 0 Å². The van der Waals surface area contributed by atoms with Crippen molar-refractivity contribution in [1.82, 2.24) is 4.90 Å². The summed E-state index contributed by atoms with van der Waals surface area (Å²) in [5.74, 6) is -0.0362. The maximum atomic E-state index is 10.9. The lowest BCUT2D eigenvalue weighted by Crippen LogP contribution is -2.36. The van der Waals surface area contributed by atoms with Crippen LogP contribution < -0.4 is 0 Å². The Balaban J connectivity index is 1.97. The Bertz CT molecular complexity index is 288. The average Bonchev–Trinajstić information content (AvgIpc) is 2.69. The molecule has 3 heteroatoms. The molecule has 0 radical (unpaired) electrons. The number of nitrogens with zero attached hydrogens (tertiary/aromatic N) is 1. The first-order valence-corrected chi connectivity index (χ1v) is 6.36. The summed E-state index contributed by atoms with van der Waals surface area (Å²) in [6.07, 6.45) is 3.32. The van der Waals surface area contributed by atoms with Gasteiger partial charge in [-0.15, -0.1) is 0 Å². The zero-order valence-corrected chi connectivity index (χ0v) is 10.6. The molecular weight excluding hydrogens is 202 g/mol. The van der Waals surface area contributed by atoms with E-state index in [1.54, 1.807) is 0 Å². The first-order chi connectivity index (χ1) is 7.39. The molecule has 1 aliphatic heterocycles. The SMILES string of the molecule is CC1CC(C)(C)CC1N1CCC(C(=O)O)C1. The Morgan fingerprint density at radius 2 is 2.06 bits per heavy atom. The highest BCUT2D eigenvalue weighted by Gasteiger charge is 2.42. The minimum atomic E-state index is -0.618. The van der Waals surface area contributed by atoms with E-state index in [0.717, 1.165) is 19.5 Å². The Morgan fingerprint density at radius 1 is 1.38 bits per heavy atom. The van der Waals surface area contributed by atoms with Crippen LogP contribution in [0.3, 0.4) is 0 Å². The molecule has 3 atom stereocenters. The van der Waals surface area contributed by atoms with Crippen molar-refractivity contribution in [2.75, 3.05) is 13.1 Å². The van der Waals surface area contributed by atoms with Gasteiger partial charge in [0, 0.05) is 12.6 Å². The van der Waals surface area contributed by atoms with Crippen LogP contribution in [0.1, 0.15) is 40.0 Å². The highest BCUT2D eigenvalue weighted by molar-refractivity contribution is 5.70. The van der Waals surface area contributed by atoms with Gasteiger partial charge < -0.3 is 5.11 Å². The number of carboxylic acids is 1. The molecule has 3 nitrogen and oxygen atoms in total. The fraction of sp³-hybridized carbons (Fsp3) is 0.923. The molecule has 16 heavy (non-hydrogen) atoms. The van der Waals surface area contributed by atoms with Gasteiger partial charge in [0.05, 0.1) is 5.92 Å². The summed E-state index contributed by atoms with van der Waals surface area (Å²) in [7, 11) is 0. The van der Waals surface area contributed by atoms with E-state index in [0.29, 0.717) is 17.4 Å². The van der Waals surface area contributed by atoms with Gasteiger partial charge >= 0.3 is 5.97 Å². The summed E-state index contributed by atoms with van der Waals surface area (Å²) >= 11 is 0. The Kier molecular flexibility index (Phi) is 2.99. The Labute approximate surface area is 97.8 Å². The lowest BCUT2D eigenvalue weighted by Gasteiger charge is -2.27. The maximum Gasteiger partial charge on any atom is 0.307 e. The lowest BCUT2D eigenvalue weighted by atomic mass is 9.91. The third-order valence-corrected chi connectivity index (χ3v) is 4.33. The zero-order valence-electron chi connectivity index (χ0n) is 10.6. The molecule has 1 saturated heterocycles. The first kappa shape index (κ1) is 11.9. The molecule has 3 unspecified atom stereocenters. The molecule has 92 valence electrons. The normalized spacial score (nSPS) is 39.1. The quantitative estimate of drug-likeness (QED) is 0.783. The summed E-state index contributed by atoms with van der Waals surface area (Å²) in [6.45, 7) is 8.71. The van der Waals surface area contributed by atoms with Gasteiger partial charge in [0.15, 0.2) is 0 Å². The van der Waals surface area contributed by atoms with Crippen LogP contribution >= 0.6 is 0 Å². The fourth-order valence-electron chi connectivity index (χ4n) is 3.64. The van der Waals surface area contributed by atoms with Crippen LogP contribution in [-0.2, 0) is 4.79 Å². The van der Waals surface area contributed by atoms with Gasteiger partial charge in [-0.25, -0.2) is 0 Å². The van der Waals surface area contributed by atoms with Crippen molar-refractivity contribution in [3.05, 3.63) is 0 Å². The van der Waals surface area contributed by atoms with Crippen LogP contribution in [0.15, 0.2) is 0 Å². The topological polar surface area (TPSA) is 40.5 Å². The molecule has 2 fully saturated rings. The average molecular weight is 225 g/mol. The van der Waals surface area contributed by atoms with Crippen molar-refractivity contribution in [3.63, 3.8) is 0 Å². The van der Waals surface area contributed by atoms with Gasteiger partial charge in [-0.3, -0.25) is 9.69 Å². The summed E-state index contributed by atoms with van der Waals surface area (Å²) in [5.41, 5.74) is 0.436. The molecule has 0 aromatic carbocycles. The summed E-state index contributed by atoms with van der Waals surface area (Å²) in [4.78, 5) is 13.4. The molecule has 2 aliphatic rings. The third-order valence-electron chi connectivity index (χ3n) is 4.33. The number of rotatable bonds is 2. The fourth-order valence-corrected chi connectivity index (χ4v) is 3.64. The molecule has 0 amide bonds. The van der Waals surface area contributed by atoms with Gasteiger partial charge in [0.1, 0.15) is 0 Å². The zero-order chi connectivity index (χ0) is 11.9. The second-order valence-electron chi connectivity index (χ2n) is 6.44. The van der Waals surface area contributed by atoms with Crippen LogP contribution in [0, 0.1) is 17.3 Å². The van der Waals surface area contributed by atoms with E-state index in [1.165, 1.54) is 12.8 Å². The van der Waals surface area contributed by atoms with Crippen LogP contribution in [0.5, 0.6) is 0 Å². The van der Waals surface area contributed by atoms with Gasteiger partial charge in [0.2, 0.25) is 0 Å². The predicted molar refractivity (Wildman–Crippen MR) is 63.3 cm³/mol. The minimum absolute atomic E-state index is 0.129. The maximum absolute atomic E-state index is 10.9. The second kappa shape index (κ2) is 4.02. The van der Waals surface area contributed by atoms with E-state index in [9.17, 15) is 4.79 Å². The number of hydrogen-bond donors (Lipinski definition) is 1. The number of aliphatic carboxylic acids is 1. The Morgan fingerprint density at radius 3 is 2.50 bits per heavy atom. The number of likely N-dealkylation sites (tertiary alicyclic amines) is 1. The van der Waals surface area contributed by atoms with Crippen LogP contribution in [0.4, 0.5) is 0 Å². The van der Waals surface area contributed by atoms with Crippen molar-refractivity contribution in [3.8, 4) is 0 Å². The molecule has 0 aromatic heterocycles. The lowest BCUT2D eigenvalue weighted by molar-refractivity contribution is -0.141. The third kappa shape index (κ3) is 2.24. The van der Waals surface area contributed by atoms with Gasteiger partial charge in [-0.05, 0) is 37.1 Å². The van der Waals surface area contributed by atoms with Gasteiger partial charge in [-0.1, -0.05) is 20.8 Å². The van der Waals surface area contributed by atoms with E-state index in [2.05, 4.69) is 25.7 Å². The molecule has 0 aromatic rings. The van der Waals surface area contributed by atoms with Gasteiger partial charge in [0.25, 0.3) is 0 Å². The van der Waals surface area contributed by atoms with Crippen molar-refractivity contribution < 1.29 is 9.90 Å². The molecule has 1 heterocycles. The number of carboxylic acid groups (broad SMARTS) is 1. The number of hydrogen-bond acceptors (Lipinski definition) is 2. The molecule has 0 bridgehead atoms. The van der Waals surface area contributed by atoms with Crippen molar-refractivity contribution in [1.29, 1.82) is 0 Å².